The summed E-state index contributed by atoms with van der Waals surface area (Å²) in [6, 6.07) is -1.77. The number of hydrogen-bond acceptors (Lipinski definition) is 5. The molecule has 10 heteroatoms. The Labute approximate surface area is 216 Å². The summed E-state index contributed by atoms with van der Waals surface area (Å²) in [4.78, 5) is 55.5. The number of nitrogens with zero attached hydrogens (tertiary/aromatic N) is 2. The molecule has 2 aliphatic heterocycles. The highest BCUT2D eigenvalue weighted by Crippen LogP contribution is 2.35. The Morgan fingerprint density at radius 2 is 1.69 bits per heavy atom. The maximum atomic E-state index is 13.9. The van der Waals surface area contributed by atoms with Crippen molar-refractivity contribution in [1.29, 1.82) is 0 Å². The number of carbonyl (C=O) groups is 4. The predicted molar refractivity (Wildman–Crippen MR) is 138 cm³/mol. The third kappa shape index (κ3) is 7.26. The van der Waals surface area contributed by atoms with Crippen LogP contribution in [-0.2, 0) is 14.3 Å². The van der Waals surface area contributed by atoms with Crippen LogP contribution in [0.1, 0.15) is 81.1 Å². The summed E-state index contributed by atoms with van der Waals surface area (Å²) >= 11 is 0. The van der Waals surface area contributed by atoms with Gasteiger partial charge in [0, 0.05) is 25.0 Å². The Kier molecular flexibility index (Phi) is 10.4. The van der Waals surface area contributed by atoms with E-state index in [1.165, 1.54) is 0 Å². The summed E-state index contributed by atoms with van der Waals surface area (Å²) in [6.45, 7) is 16.5. The van der Waals surface area contributed by atoms with E-state index in [0.717, 1.165) is 12.8 Å². The second kappa shape index (κ2) is 12.6. The lowest BCUT2D eigenvalue weighted by Crippen LogP contribution is -2.58. The largest absolute Gasteiger partial charge is 0.442 e. The fraction of sp³-hybridized carbons (Fsp3) is 0.846. The monoisotopic (exact) mass is 509 g/mol. The molecule has 0 unspecified atom stereocenters. The third-order valence-corrected chi connectivity index (χ3v) is 7.05. The molecule has 2 rings (SSSR count). The van der Waals surface area contributed by atoms with E-state index in [-0.39, 0.29) is 42.4 Å². The van der Waals surface area contributed by atoms with Crippen molar-refractivity contribution in [2.24, 2.45) is 11.3 Å². The molecule has 0 aromatic heterocycles. The number of nitrogens with one attached hydrogen (secondary N) is 3. The van der Waals surface area contributed by atoms with Gasteiger partial charge in [-0.1, -0.05) is 48.0 Å². The first-order valence-electron chi connectivity index (χ1n) is 13.4. The molecule has 206 valence electrons. The van der Waals surface area contributed by atoms with E-state index in [1.54, 1.807) is 9.80 Å². The van der Waals surface area contributed by atoms with E-state index in [2.05, 4.69) is 16.0 Å². The average Bonchev–Trinajstić information content (AvgIpc) is 3.36. The first-order chi connectivity index (χ1) is 16.8. The molecule has 5 atom stereocenters. The van der Waals surface area contributed by atoms with Crippen LogP contribution in [0.25, 0.3) is 0 Å². The number of urea groups is 1. The fourth-order valence-electron chi connectivity index (χ4n) is 4.78. The summed E-state index contributed by atoms with van der Waals surface area (Å²) in [5.74, 6) is -0.578. The predicted octanol–water partition coefficient (Wildman–Crippen LogP) is 2.86. The highest BCUT2D eigenvalue weighted by Gasteiger charge is 2.55. The molecule has 2 aliphatic rings. The second-order valence-corrected chi connectivity index (χ2v) is 11.5. The van der Waals surface area contributed by atoms with Gasteiger partial charge in [-0.2, -0.15) is 0 Å². The molecule has 3 N–H and O–H groups in total. The number of unbranched alkanes of at least 4 members (excludes halogenated alkanes) is 1. The molecular weight excluding hydrogens is 462 g/mol. The van der Waals surface area contributed by atoms with Crippen LogP contribution in [0.4, 0.5) is 9.59 Å². The number of likely N-dealkylation sites (tertiary alicyclic amines) is 2. The zero-order chi connectivity index (χ0) is 27.2. The summed E-state index contributed by atoms with van der Waals surface area (Å²) < 4.78 is 5.79. The smallest absolute Gasteiger partial charge is 0.407 e. The Hall–Kier alpha value is -2.52. The summed E-state index contributed by atoms with van der Waals surface area (Å²) in [7, 11) is 0. The normalized spacial score (nSPS) is 23.2. The molecule has 0 aromatic carbocycles. The molecule has 2 fully saturated rings. The van der Waals surface area contributed by atoms with Crippen molar-refractivity contribution in [3.8, 4) is 0 Å². The minimum Gasteiger partial charge on any atom is -0.442 e. The van der Waals surface area contributed by atoms with E-state index in [1.807, 2.05) is 55.4 Å². The lowest BCUT2D eigenvalue weighted by molar-refractivity contribution is -0.142. The highest BCUT2D eigenvalue weighted by atomic mass is 16.6. The van der Waals surface area contributed by atoms with Gasteiger partial charge in [0.15, 0.2) is 0 Å². The second-order valence-electron chi connectivity index (χ2n) is 11.5. The van der Waals surface area contributed by atoms with E-state index in [0.29, 0.717) is 25.9 Å². The van der Waals surface area contributed by atoms with Crippen molar-refractivity contribution >= 4 is 23.9 Å². The maximum absolute atomic E-state index is 13.9. The zero-order valence-electron chi connectivity index (χ0n) is 23.3. The molecular formula is C26H47N5O5. The van der Waals surface area contributed by atoms with Crippen LogP contribution in [0.5, 0.6) is 0 Å². The van der Waals surface area contributed by atoms with E-state index in [9.17, 15) is 19.2 Å². The van der Waals surface area contributed by atoms with Gasteiger partial charge in [0.25, 0.3) is 0 Å². The number of alkyl carbamates (subject to hydrolysis) is 1. The quantitative estimate of drug-likeness (QED) is 0.413. The maximum Gasteiger partial charge on any atom is 0.407 e. The van der Waals surface area contributed by atoms with Gasteiger partial charge in [0.05, 0.1) is 18.6 Å². The van der Waals surface area contributed by atoms with Gasteiger partial charge in [-0.25, -0.2) is 9.59 Å². The minimum atomic E-state index is -0.740. The topological polar surface area (TPSA) is 120 Å². The van der Waals surface area contributed by atoms with Crippen LogP contribution < -0.4 is 16.0 Å². The van der Waals surface area contributed by atoms with Crippen LogP contribution in [0.15, 0.2) is 0 Å². The third-order valence-electron chi connectivity index (χ3n) is 7.05. The van der Waals surface area contributed by atoms with Crippen molar-refractivity contribution in [1.82, 2.24) is 25.8 Å². The standard InChI is InChI=1S/C26H47N5O5/c1-9-11-13-27-25(35)36-19-15-31(24(34)28-16(3)4)18-12-14-30(20(18)19)23(33)21(26(6,7)8)29-22(32)17(5)10-2/h16-21H,9-15H2,1-8H3,(H,27,35)(H,28,34)(H,29,32)/t17-,18-,19+,20+,21-/m1/s1. The van der Waals surface area contributed by atoms with Gasteiger partial charge < -0.3 is 30.5 Å². The molecule has 10 nitrogen and oxygen atoms in total. The lowest BCUT2D eigenvalue weighted by Gasteiger charge is -2.37. The number of rotatable bonds is 9. The Morgan fingerprint density at radius 1 is 1.03 bits per heavy atom. The molecule has 0 bridgehead atoms. The Morgan fingerprint density at radius 3 is 2.25 bits per heavy atom. The van der Waals surface area contributed by atoms with Crippen LogP contribution in [0.3, 0.4) is 0 Å². The van der Waals surface area contributed by atoms with Crippen molar-refractivity contribution < 1.29 is 23.9 Å². The summed E-state index contributed by atoms with van der Waals surface area (Å²) in [5.41, 5.74) is -0.528. The number of ether oxygens (including phenoxy) is 1. The molecule has 0 radical (unpaired) electrons. The average molecular weight is 510 g/mol. The fourth-order valence-corrected chi connectivity index (χ4v) is 4.78. The van der Waals surface area contributed by atoms with Crippen molar-refractivity contribution in [3.05, 3.63) is 0 Å². The molecule has 0 spiro atoms. The Bertz CT molecular complexity index is 796. The van der Waals surface area contributed by atoms with Gasteiger partial charge in [-0.15, -0.1) is 0 Å². The van der Waals surface area contributed by atoms with Gasteiger partial charge in [-0.3, -0.25) is 9.59 Å². The molecule has 2 saturated heterocycles. The van der Waals surface area contributed by atoms with Crippen molar-refractivity contribution in [2.45, 2.75) is 111 Å². The van der Waals surface area contributed by atoms with Crippen LogP contribution in [-0.4, -0.2) is 83.6 Å². The van der Waals surface area contributed by atoms with Gasteiger partial charge >= 0.3 is 12.1 Å². The van der Waals surface area contributed by atoms with E-state index < -0.39 is 29.7 Å². The van der Waals surface area contributed by atoms with Crippen molar-refractivity contribution in [3.63, 3.8) is 0 Å². The van der Waals surface area contributed by atoms with Gasteiger partial charge in [-0.05, 0) is 38.5 Å². The highest BCUT2D eigenvalue weighted by molar-refractivity contribution is 5.89. The lowest BCUT2D eigenvalue weighted by atomic mass is 9.85. The first kappa shape index (κ1) is 29.7. The molecule has 0 aliphatic carbocycles. The number of fused-ring (bicyclic) bond motifs is 1. The molecule has 0 aromatic rings. The first-order valence-corrected chi connectivity index (χ1v) is 13.4. The number of amides is 5. The van der Waals surface area contributed by atoms with Crippen LogP contribution >= 0.6 is 0 Å². The zero-order valence-corrected chi connectivity index (χ0v) is 23.3. The van der Waals surface area contributed by atoms with Gasteiger partial charge in [0.1, 0.15) is 12.1 Å². The van der Waals surface area contributed by atoms with Crippen LogP contribution in [0.2, 0.25) is 0 Å². The van der Waals surface area contributed by atoms with E-state index >= 15 is 0 Å². The Balaban J connectivity index is 2.30. The molecule has 5 amide bonds. The summed E-state index contributed by atoms with van der Waals surface area (Å²) in [6.07, 6.45) is 1.82. The number of hydrogen-bond donors (Lipinski definition) is 3. The molecule has 0 saturated carbocycles. The number of carbonyl (C=O) groups excluding carboxylic acids is 4. The van der Waals surface area contributed by atoms with Crippen molar-refractivity contribution in [2.75, 3.05) is 19.6 Å². The SMILES string of the molecule is CCCCNC(=O)O[C@H]1CN(C(=O)NC(C)C)[C@@H]2CCN(C(=O)[C@@H](NC(=O)[C@H](C)CC)C(C)(C)C)[C@H]12. The van der Waals surface area contributed by atoms with Gasteiger partial charge in [0.2, 0.25) is 11.8 Å². The minimum absolute atomic E-state index is 0.0477. The van der Waals surface area contributed by atoms with Crippen LogP contribution in [0, 0.1) is 11.3 Å². The molecule has 36 heavy (non-hydrogen) atoms. The summed E-state index contributed by atoms with van der Waals surface area (Å²) in [5, 5.41) is 8.65. The molecule has 2 heterocycles. The van der Waals surface area contributed by atoms with E-state index in [4.69, 9.17) is 4.74 Å².